The smallest absolute Gasteiger partial charge is 0.192 e. The number of guanidine groups is 1. The van der Waals surface area contributed by atoms with Crippen molar-refractivity contribution >= 4 is 5.96 Å². The van der Waals surface area contributed by atoms with Crippen molar-refractivity contribution in [2.24, 2.45) is 12.0 Å². The van der Waals surface area contributed by atoms with Crippen LogP contribution in [0.25, 0.3) is 0 Å². The van der Waals surface area contributed by atoms with E-state index in [1.807, 2.05) is 36.7 Å². The van der Waals surface area contributed by atoms with Crippen molar-refractivity contribution in [1.29, 1.82) is 0 Å². The van der Waals surface area contributed by atoms with Crippen LogP contribution >= 0.6 is 0 Å². The molecule has 0 saturated carbocycles. The summed E-state index contributed by atoms with van der Waals surface area (Å²) in [5.41, 5.74) is 3.63. The molecule has 1 aromatic heterocycles. The van der Waals surface area contributed by atoms with Crippen molar-refractivity contribution in [3.05, 3.63) is 82.9 Å². The van der Waals surface area contributed by atoms with Crippen LogP contribution in [0.15, 0.2) is 59.6 Å². The average molecular weight is 377 g/mol. The summed E-state index contributed by atoms with van der Waals surface area (Å²) in [5.74, 6) is 2.51. The molecule has 0 aliphatic rings. The van der Waals surface area contributed by atoms with Crippen LogP contribution in [0.3, 0.4) is 0 Å². The molecule has 0 radical (unpaired) electrons. The summed E-state index contributed by atoms with van der Waals surface area (Å²) in [6.07, 6.45) is 0. The summed E-state index contributed by atoms with van der Waals surface area (Å²) < 4.78 is 1.98. The van der Waals surface area contributed by atoms with E-state index in [0.717, 1.165) is 17.6 Å². The Morgan fingerprint density at radius 2 is 1.75 bits per heavy atom. The van der Waals surface area contributed by atoms with E-state index in [9.17, 15) is 0 Å². The minimum atomic E-state index is 0.131. The van der Waals surface area contributed by atoms with Crippen LogP contribution < -0.4 is 10.6 Å². The van der Waals surface area contributed by atoms with Gasteiger partial charge in [-0.3, -0.25) is 0 Å². The van der Waals surface area contributed by atoms with E-state index in [0.29, 0.717) is 13.1 Å². The summed E-state index contributed by atoms with van der Waals surface area (Å²) in [6.45, 7) is 7.32. The van der Waals surface area contributed by atoms with Crippen LogP contribution in [0.5, 0.6) is 0 Å². The monoisotopic (exact) mass is 376 g/mol. The number of hydrogen-bond acceptors (Lipinski definition) is 3. The summed E-state index contributed by atoms with van der Waals surface area (Å²) in [4.78, 5) is 4.78. The summed E-state index contributed by atoms with van der Waals surface area (Å²) >= 11 is 0. The Labute approximate surface area is 166 Å². The van der Waals surface area contributed by atoms with Crippen LogP contribution in [0.2, 0.25) is 0 Å². The predicted molar refractivity (Wildman–Crippen MR) is 113 cm³/mol. The molecule has 0 spiro atoms. The SMILES string of the molecule is Cc1ccc(CN=C(NCc2nnc(C)n2C)NC(C)c2ccccc2)cc1. The second-order valence-corrected chi connectivity index (χ2v) is 7.00. The lowest BCUT2D eigenvalue weighted by molar-refractivity contribution is 0.664. The lowest BCUT2D eigenvalue weighted by Gasteiger charge is -2.18. The number of benzene rings is 2. The molecule has 0 saturated heterocycles. The van der Waals surface area contributed by atoms with Crippen molar-refractivity contribution in [2.45, 2.75) is 39.9 Å². The predicted octanol–water partition coefficient (Wildman–Crippen LogP) is 3.43. The summed E-state index contributed by atoms with van der Waals surface area (Å²) in [6, 6.07) is 18.9. The fourth-order valence-corrected chi connectivity index (χ4v) is 2.81. The van der Waals surface area contributed by atoms with Gasteiger partial charge in [0, 0.05) is 7.05 Å². The highest BCUT2D eigenvalue weighted by Crippen LogP contribution is 2.11. The first-order chi connectivity index (χ1) is 13.5. The third-order valence-electron chi connectivity index (χ3n) is 4.79. The van der Waals surface area contributed by atoms with Gasteiger partial charge in [-0.1, -0.05) is 60.2 Å². The van der Waals surface area contributed by atoms with Gasteiger partial charge in [-0.05, 0) is 31.9 Å². The fourth-order valence-electron chi connectivity index (χ4n) is 2.81. The first kappa shape index (κ1) is 19.6. The highest BCUT2D eigenvalue weighted by atomic mass is 15.3. The molecule has 1 unspecified atom stereocenters. The maximum atomic E-state index is 4.78. The first-order valence-electron chi connectivity index (χ1n) is 9.53. The zero-order chi connectivity index (χ0) is 19.9. The zero-order valence-electron chi connectivity index (χ0n) is 17.0. The van der Waals surface area contributed by atoms with Gasteiger partial charge in [0.05, 0.1) is 19.1 Å². The van der Waals surface area contributed by atoms with Gasteiger partial charge in [-0.15, -0.1) is 10.2 Å². The van der Waals surface area contributed by atoms with E-state index in [1.165, 1.54) is 16.7 Å². The van der Waals surface area contributed by atoms with Crippen molar-refractivity contribution in [3.63, 3.8) is 0 Å². The Morgan fingerprint density at radius 3 is 2.39 bits per heavy atom. The molecule has 0 bridgehead atoms. The molecule has 0 fully saturated rings. The number of aliphatic imine (C=N–C) groups is 1. The number of aryl methyl sites for hydroxylation is 2. The molecule has 3 rings (SSSR count). The molecule has 1 heterocycles. The fraction of sp³-hybridized carbons (Fsp3) is 0.318. The van der Waals surface area contributed by atoms with Gasteiger partial charge in [0.15, 0.2) is 11.8 Å². The molecule has 6 heteroatoms. The molecule has 0 aliphatic carbocycles. The van der Waals surface area contributed by atoms with Gasteiger partial charge >= 0.3 is 0 Å². The standard InChI is InChI=1S/C22H28N6/c1-16-10-12-19(13-11-16)14-23-22(24-15-21-27-26-18(3)28(21)4)25-17(2)20-8-6-5-7-9-20/h5-13,17H,14-15H2,1-4H3,(H2,23,24,25). The molecule has 1 atom stereocenters. The topological polar surface area (TPSA) is 67.1 Å². The van der Waals surface area contributed by atoms with Crippen molar-refractivity contribution in [1.82, 2.24) is 25.4 Å². The van der Waals surface area contributed by atoms with Gasteiger partial charge in [0.2, 0.25) is 0 Å². The second-order valence-electron chi connectivity index (χ2n) is 7.00. The third kappa shape index (κ3) is 5.19. The molecule has 146 valence electrons. The molecule has 6 nitrogen and oxygen atoms in total. The van der Waals surface area contributed by atoms with Crippen LogP contribution in [0.1, 0.15) is 41.3 Å². The van der Waals surface area contributed by atoms with E-state index in [2.05, 4.69) is 71.1 Å². The van der Waals surface area contributed by atoms with Crippen LogP contribution in [-0.4, -0.2) is 20.7 Å². The Morgan fingerprint density at radius 1 is 1.04 bits per heavy atom. The van der Waals surface area contributed by atoms with Gasteiger partial charge in [-0.25, -0.2) is 4.99 Å². The largest absolute Gasteiger partial charge is 0.350 e. The molecule has 3 aromatic rings. The molecule has 2 N–H and O–H groups in total. The van der Waals surface area contributed by atoms with Gasteiger partial charge in [-0.2, -0.15) is 0 Å². The lowest BCUT2D eigenvalue weighted by Crippen LogP contribution is -2.39. The number of nitrogens with zero attached hydrogens (tertiary/aromatic N) is 4. The molecule has 0 aliphatic heterocycles. The third-order valence-corrected chi connectivity index (χ3v) is 4.79. The zero-order valence-corrected chi connectivity index (χ0v) is 17.0. The van der Waals surface area contributed by atoms with Gasteiger partial charge in [0.25, 0.3) is 0 Å². The summed E-state index contributed by atoms with van der Waals surface area (Å²) in [5, 5.41) is 15.2. The van der Waals surface area contributed by atoms with Crippen molar-refractivity contribution < 1.29 is 0 Å². The minimum absolute atomic E-state index is 0.131. The first-order valence-corrected chi connectivity index (χ1v) is 9.53. The lowest BCUT2D eigenvalue weighted by atomic mass is 10.1. The number of nitrogens with one attached hydrogen (secondary N) is 2. The molecule has 0 amide bonds. The van der Waals surface area contributed by atoms with Gasteiger partial charge in [0.1, 0.15) is 5.82 Å². The normalized spacial score (nSPS) is 12.6. The Kier molecular flexibility index (Phi) is 6.42. The number of rotatable bonds is 6. The van der Waals surface area contributed by atoms with Gasteiger partial charge < -0.3 is 15.2 Å². The minimum Gasteiger partial charge on any atom is -0.350 e. The van der Waals surface area contributed by atoms with Crippen LogP contribution in [-0.2, 0) is 20.1 Å². The number of aromatic nitrogens is 3. The molecular formula is C22H28N6. The highest BCUT2D eigenvalue weighted by Gasteiger charge is 2.10. The highest BCUT2D eigenvalue weighted by molar-refractivity contribution is 5.80. The van der Waals surface area contributed by atoms with E-state index >= 15 is 0 Å². The van der Waals surface area contributed by atoms with Crippen LogP contribution in [0.4, 0.5) is 0 Å². The molecule has 28 heavy (non-hydrogen) atoms. The second kappa shape index (κ2) is 9.17. The average Bonchev–Trinajstić information content (AvgIpc) is 3.04. The van der Waals surface area contributed by atoms with E-state index in [1.54, 1.807) is 0 Å². The van der Waals surface area contributed by atoms with Crippen LogP contribution in [0, 0.1) is 13.8 Å². The van der Waals surface area contributed by atoms with E-state index in [-0.39, 0.29) is 6.04 Å². The molecular weight excluding hydrogens is 348 g/mol. The van der Waals surface area contributed by atoms with Crippen molar-refractivity contribution in [3.8, 4) is 0 Å². The maximum Gasteiger partial charge on any atom is 0.192 e. The Bertz CT molecular complexity index is 912. The molecule has 2 aromatic carbocycles. The Hall–Kier alpha value is -3.15. The Balaban J connectivity index is 1.73. The van der Waals surface area contributed by atoms with E-state index < -0.39 is 0 Å². The maximum absolute atomic E-state index is 4.78. The van der Waals surface area contributed by atoms with Crippen molar-refractivity contribution in [2.75, 3.05) is 0 Å². The number of hydrogen-bond donors (Lipinski definition) is 2. The summed E-state index contributed by atoms with van der Waals surface area (Å²) in [7, 11) is 1.97. The van der Waals surface area contributed by atoms with E-state index in [4.69, 9.17) is 4.99 Å². The quantitative estimate of drug-likeness (QED) is 0.511.